The predicted molar refractivity (Wildman–Crippen MR) is 52.7 cm³/mol. The van der Waals surface area contributed by atoms with Crippen LogP contribution in [0, 0.1) is 0 Å². The van der Waals surface area contributed by atoms with Gasteiger partial charge in [-0.05, 0) is 38.3 Å². The average molecular weight is 169 g/mol. The maximum Gasteiger partial charge on any atom is 0.0185 e. The van der Waals surface area contributed by atoms with Crippen LogP contribution < -0.4 is 0 Å². The lowest BCUT2D eigenvalue weighted by atomic mass is 10.3. The Morgan fingerprint density at radius 1 is 1.45 bits per heavy atom. The highest BCUT2D eigenvalue weighted by Gasteiger charge is 2.13. The Balaban J connectivity index is 2.81. The highest BCUT2D eigenvalue weighted by molar-refractivity contribution is 7.59. The van der Waals surface area contributed by atoms with Gasteiger partial charge < -0.3 is 4.67 Å². The normalized spacial score (nSPS) is 24.7. The molecule has 0 N–H and O–H groups in total. The molecule has 1 nitrogen and oxygen atoms in total. The summed E-state index contributed by atoms with van der Waals surface area (Å²) < 4.78 is 2.43. The molecule has 1 aliphatic heterocycles. The summed E-state index contributed by atoms with van der Waals surface area (Å²) in [5.74, 6) is 0. The molecule has 1 rings (SSSR count). The van der Waals surface area contributed by atoms with Crippen molar-refractivity contribution < 1.29 is 0 Å². The van der Waals surface area contributed by atoms with Crippen molar-refractivity contribution in [2.45, 2.75) is 20.8 Å². The Hall–Kier alpha value is -0.290. The average Bonchev–Trinajstić information content (AvgIpc) is 1.96. The molecule has 2 heteroatoms. The van der Waals surface area contributed by atoms with Crippen LogP contribution in [-0.2, 0) is 0 Å². The highest BCUT2D eigenvalue weighted by atomic mass is 31.1. The van der Waals surface area contributed by atoms with E-state index < -0.39 is 0 Å². The zero-order chi connectivity index (χ0) is 8.43. The van der Waals surface area contributed by atoms with Crippen molar-refractivity contribution in [3.63, 3.8) is 0 Å². The quantitative estimate of drug-likeness (QED) is 0.545. The van der Waals surface area contributed by atoms with Crippen LogP contribution in [-0.4, -0.2) is 17.9 Å². The Labute approximate surface area is 70.6 Å². The van der Waals surface area contributed by atoms with Gasteiger partial charge in [-0.2, -0.15) is 0 Å². The van der Waals surface area contributed by atoms with E-state index in [4.69, 9.17) is 0 Å². The van der Waals surface area contributed by atoms with E-state index in [0.717, 1.165) is 6.54 Å². The van der Waals surface area contributed by atoms with E-state index in [1.165, 1.54) is 10.9 Å². The first-order chi connectivity index (χ1) is 5.15. The molecule has 0 spiro atoms. The molecule has 0 aromatic heterocycles. The number of allylic oxidation sites excluding steroid dienone is 3. The van der Waals surface area contributed by atoms with Crippen molar-refractivity contribution in [1.29, 1.82) is 0 Å². The van der Waals surface area contributed by atoms with Gasteiger partial charge in [0.15, 0.2) is 0 Å². The molecular formula is C9H16NP. The third-order valence-electron chi connectivity index (χ3n) is 2.01. The van der Waals surface area contributed by atoms with E-state index in [2.05, 4.69) is 44.4 Å². The molecule has 1 heterocycles. The molecular weight excluding hydrogens is 153 g/mol. The van der Waals surface area contributed by atoms with Crippen LogP contribution in [0.4, 0.5) is 0 Å². The van der Waals surface area contributed by atoms with Crippen LogP contribution in [0.15, 0.2) is 23.2 Å². The number of rotatable bonds is 1. The zero-order valence-corrected chi connectivity index (χ0v) is 8.65. The maximum atomic E-state index is 2.43. The second-order valence-corrected chi connectivity index (χ2v) is 5.20. The predicted octanol–water partition coefficient (Wildman–Crippen LogP) is 3.16. The van der Waals surface area contributed by atoms with Crippen LogP contribution in [0.25, 0.3) is 0 Å². The fourth-order valence-electron chi connectivity index (χ4n) is 1.29. The Bertz CT molecular complexity index is 206. The van der Waals surface area contributed by atoms with Gasteiger partial charge in [-0.25, -0.2) is 0 Å². The van der Waals surface area contributed by atoms with Crippen molar-refractivity contribution in [2.75, 3.05) is 13.2 Å². The molecule has 1 atom stereocenters. The van der Waals surface area contributed by atoms with Gasteiger partial charge in [0.2, 0.25) is 0 Å². The molecule has 0 saturated carbocycles. The van der Waals surface area contributed by atoms with E-state index in [1.807, 2.05) is 0 Å². The third kappa shape index (κ3) is 1.84. The summed E-state index contributed by atoms with van der Waals surface area (Å²) in [5.41, 5.74) is 1.38. The maximum absolute atomic E-state index is 2.43. The second kappa shape index (κ2) is 3.40. The Morgan fingerprint density at radius 2 is 2.09 bits per heavy atom. The molecule has 0 saturated heterocycles. The molecule has 0 aromatic carbocycles. The zero-order valence-electron chi connectivity index (χ0n) is 7.76. The van der Waals surface area contributed by atoms with Crippen LogP contribution in [0.3, 0.4) is 0 Å². The monoisotopic (exact) mass is 169 g/mol. The molecule has 1 aliphatic rings. The van der Waals surface area contributed by atoms with Crippen LogP contribution >= 0.6 is 8.07 Å². The van der Waals surface area contributed by atoms with Gasteiger partial charge in [-0.3, -0.25) is 0 Å². The SMILES string of the molecule is CCN1C=C(C)C=C(C)P1C. The van der Waals surface area contributed by atoms with E-state index in [1.54, 1.807) is 0 Å². The molecule has 1 unspecified atom stereocenters. The van der Waals surface area contributed by atoms with Crippen molar-refractivity contribution in [3.8, 4) is 0 Å². The summed E-state index contributed by atoms with van der Waals surface area (Å²) in [4.78, 5) is 0. The van der Waals surface area contributed by atoms with Gasteiger partial charge in [0.1, 0.15) is 0 Å². The van der Waals surface area contributed by atoms with Gasteiger partial charge in [0.05, 0.1) is 0 Å². The largest absolute Gasteiger partial charge is 0.353 e. The fraction of sp³-hybridized carbons (Fsp3) is 0.556. The number of nitrogens with zero attached hydrogens (tertiary/aromatic N) is 1. The van der Waals surface area contributed by atoms with Gasteiger partial charge in [0, 0.05) is 20.8 Å². The summed E-state index contributed by atoms with van der Waals surface area (Å²) >= 11 is 0. The van der Waals surface area contributed by atoms with E-state index in [9.17, 15) is 0 Å². The second-order valence-electron chi connectivity index (χ2n) is 2.94. The van der Waals surface area contributed by atoms with E-state index in [0.29, 0.717) is 0 Å². The Morgan fingerprint density at radius 3 is 2.64 bits per heavy atom. The molecule has 0 fully saturated rings. The lowest BCUT2D eigenvalue weighted by molar-refractivity contribution is 0.635. The summed E-state index contributed by atoms with van der Waals surface area (Å²) in [6.07, 6.45) is 4.55. The molecule has 0 bridgehead atoms. The third-order valence-corrected chi connectivity index (χ3v) is 4.33. The summed E-state index contributed by atoms with van der Waals surface area (Å²) in [7, 11) is -0.0249. The summed E-state index contributed by atoms with van der Waals surface area (Å²) in [6, 6.07) is 0. The van der Waals surface area contributed by atoms with E-state index in [-0.39, 0.29) is 8.07 Å². The molecule has 0 aromatic rings. The first-order valence-corrected chi connectivity index (χ1v) is 5.76. The molecule has 0 amide bonds. The lowest BCUT2D eigenvalue weighted by Gasteiger charge is -2.30. The summed E-state index contributed by atoms with van der Waals surface area (Å²) in [6.45, 7) is 10.0. The van der Waals surface area contributed by atoms with Crippen LogP contribution in [0.2, 0.25) is 0 Å². The summed E-state index contributed by atoms with van der Waals surface area (Å²) in [5, 5.41) is 1.53. The van der Waals surface area contributed by atoms with Crippen LogP contribution in [0.1, 0.15) is 20.8 Å². The first-order valence-electron chi connectivity index (χ1n) is 4.02. The first kappa shape index (κ1) is 8.80. The lowest BCUT2D eigenvalue weighted by Crippen LogP contribution is -2.13. The van der Waals surface area contributed by atoms with Crippen molar-refractivity contribution in [3.05, 3.63) is 23.2 Å². The minimum atomic E-state index is -0.0249. The molecule has 0 aliphatic carbocycles. The molecule has 11 heavy (non-hydrogen) atoms. The van der Waals surface area contributed by atoms with Gasteiger partial charge >= 0.3 is 0 Å². The van der Waals surface area contributed by atoms with Gasteiger partial charge in [-0.1, -0.05) is 6.08 Å². The van der Waals surface area contributed by atoms with Gasteiger partial charge in [0.25, 0.3) is 0 Å². The number of hydrogen-bond acceptors (Lipinski definition) is 1. The minimum absolute atomic E-state index is 0.0249. The minimum Gasteiger partial charge on any atom is -0.353 e. The molecule has 0 radical (unpaired) electrons. The van der Waals surface area contributed by atoms with Crippen molar-refractivity contribution in [1.82, 2.24) is 4.67 Å². The van der Waals surface area contributed by atoms with Crippen molar-refractivity contribution in [2.24, 2.45) is 0 Å². The fourth-order valence-corrected chi connectivity index (χ4v) is 2.86. The highest BCUT2D eigenvalue weighted by Crippen LogP contribution is 2.47. The topological polar surface area (TPSA) is 3.24 Å². The standard InChI is InChI=1S/C9H16NP/c1-5-10-7-8(2)6-9(3)11(10)4/h6-7H,5H2,1-4H3. The van der Waals surface area contributed by atoms with Crippen LogP contribution in [0.5, 0.6) is 0 Å². The van der Waals surface area contributed by atoms with Gasteiger partial charge in [-0.15, -0.1) is 0 Å². The van der Waals surface area contributed by atoms with Crippen molar-refractivity contribution >= 4 is 8.07 Å². The number of hydrogen-bond donors (Lipinski definition) is 0. The van der Waals surface area contributed by atoms with E-state index >= 15 is 0 Å². The smallest absolute Gasteiger partial charge is 0.0185 e. The Kier molecular flexibility index (Phi) is 2.72. The molecule has 62 valence electrons.